The number of hydrogen-bond acceptors (Lipinski definition) is 4. The average molecular weight is 354 g/mol. The molecule has 7 heteroatoms. The molecule has 0 radical (unpaired) electrons. The predicted molar refractivity (Wildman–Crippen MR) is 95.5 cm³/mol. The molecule has 1 atom stereocenters. The van der Waals surface area contributed by atoms with Crippen LogP contribution in [0.15, 0.2) is 17.1 Å². The summed E-state index contributed by atoms with van der Waals surface area (Å²) in [5.41, 5.74) is 1.62. The van der Waals surface area contributed by atoms with Crippen molar-refractivity contribution < 1.29 is 9.59 Å². The van der Waals surface area contributed by atoms with E-state index in [1.54, 1.807) is 0 Å². The summed E-state index contributed by atoms with van der Waals surface area (Å²) < 4.78 is 2.15. The quantitative estimate of drug-likeness (QED) is 0.864. The zero-order chi connectivity index (χ0) is 18.3. The van der Waals surface area contributed by atoms with E-state index < -0.39 is 11.5 Å². The summed E-state index contributed by atoms with van der Waals surface area (Å²) >= 11 is 0. The number of aromatic amines is 1. The standard InChI is InChI=1S/C19H22N4O3/c1-11-7-15-13(16(24)8-11)9-14(19(26)22-15)18(25)20-5-4-12-10-23-6-2-3-17(23)21-12/h9-11H,2-8H2,1H3,(H,20,25)(H,22,26). The van der Waals surface area contributed by atoms with Gasteiger partial charge in [0.1, 0.15) is 11.4 Å². The fraction of sp³-hybridized carbons (Fsp3) is 0.474. The van der Waals surface area contributed by atoms with E-state index in [9.17, 15) is 14.4 Å². The van der Waals surface area contributed by atoms with Gasteiger partial charge < -0.3 is 14.9 Å². The van der Waals surface area contributed by atoms with Crippen molar-refractivity contribution in [2.75, 3.05) is 6.54 Å². The minimum absolute atomic E-state index is 0.000937. The van der Waals surface area contributed by atoms with E-state index in [0.717, 1.165) is 30.9 Å². The van der Waals surface area contributed by atoms with Crippen molar-refractivity contribution in [3.63, 3.8) is 0 Å². The summed E-state index contributed by atoms with van der Waals surface area (Å²) in [4.78, 5) is 44.1. The van der Waals surface area contributed by atoms with Crippen LogP contribution < -0.4 is 10.9 Å². The van der Waals surface area contributed by atoms with Crippen molar-refractivity contribution >= 4 is 11.7 Å². The second kappa shape index (κ2) is 6.55. The number of nitrogens with zero attached hydrogens (tertiary/aromatic N) is 2. The Bertz CT molecular complexity index is 919. The highest BCUT2D eigenvalue weighted by atomic mass is 16.2. The van der Waals surface area contributed by atoms with E-state index in [0.29, 0.717) is 37.1 Å². The molecular weight excluding hydrogens is 332 g/mol. The van der Waals surface area contributed by atoms with Gasteiger partial charge in [-0.15, -0.1) is 0 Å². The Hall–Kier alpha value is -2.70. The lowest BCUT2D eigenvalue weighted by Crippen LogP contribution is -2.33. The number of nitrogens with one attached hydrogen (secondary N) is 2. The van der Waals surface area contributed by atoms with Gasteiger partial charge in [0.2, 0.25) is 0 Å². The monoisotopic (exact) mass is 354 g/mol. The largest absolute Gasteiger partial charge is 0.351 e. The molecule has 3 heterocycles. The highest BCUT2D eigenvalue weighted by molar-refractivity contribution is 6.01. The number of Topliss-reactive ketones (excluding diaryl/α,β-unsaturated/α-hetero) is 1. The Morgan fingerprint density at radius 3 is 3.04 bits per heavy atom. The molecule has 0 saturated heterocycles. The summed E-state index contributed by atoms with van der Waals surface area (Å²) in [7, 11) is 0. The van der Waals surface area contributed by atoms with Crippen LogP contribution in [0.1, 0.15) is 57.7 Å². The van der Waals surface area contributed by atoms with Gasteiger partial charge in [0.05, 0.1) is 5.69 Å². The molecule has 0 saturated carbocycles. The van der Waals surface area contributed by atoms with Gasteiger partial charge in [-0.25, -0.2) is 4.98 Å². The van der Waals surface area contributed by atoms with E-state index in [1.165, 1.54) is 6.07 Å². The van der Waals surface area contributed by atoms with Gasteiger partial charge in [0.25, 0.3) is 11.5 Å². The van der Waals surface area contributed by atoms with Gasteiger partial charge in [-0.1, -0.05) is 6.92 Å². The summed E-state index contributed by atoms with van der Waals surface area (Å²) in [5.74, 6) is 0.843. The number of hydrogen-bond donors (Lipinski definition) is 2. The Morgan fingerprint density at radius 1 is 1.38 bits per heavy atom. The summed E-state index contributed by atoms with van der Waals surface area (Å²) in [6.07, 6.45) is 5.89. The van der Waals surface area contributed by atoms with Gasteiger partial charge in [-0.2, -0.15) is 0 Å². The number of imidazole rings is 1. The van der Waals surface area contributed by atoms with Crippen LogP contribution in [0.25, 0.3) is 0 Å². The van der Waals surface area contributed by atoms with E-state index in [2.05, 4.69) is 19.9 Å². The molecule has 7 nitrogen and oxygen atoms in total. The summed E-state index contributed by atoms with van der Waals surface area (Å²) in [5, 5.41) is 2.76. The first-order valence-corrected chi connectivity index (χ1v) is 9.14. The minimum atomic E-state index is -0.452. The van der Waals surface area contributed by atoms with Crippen LogP contribution in [-0.4, -0.2) is 32.8 Å². The SMILES string of the molecule is CC1CC(=O)c2cc(C(=O)NCCc3cn4c(n3)CCC4)c(=O)[nH]c2C1. The third-order valence-electron chi connectivity index (χ3n) is 5.13. The third kappa shape index (κ3) is 3.09. The maximum absolute atomic E-state index is 12.4. The Balaban J connectivity index is 1.43. The van der Waals surface area contributed by atoms with Crippen molar-refractivity contribution in [3.05, 3.63) is 51.0 Å². The molecule has 2 aromatic rings. The molecule has 2 aliphatic rings. The topological polar surface area (TPSA) is 96.8 Å². The average Bonchev–Trinajstić information content (AvgIpc) is 3.15. The first-order valence-electron chi connectivity index (χ1n) is 9.14. The Labute approximate surface area is 150 Å². The first-order chi connectivity index (χ1) is 12.5. The van der Waals surface area contributed by atoms with Crippen molar-refractivity contribution in [2.45, 2.75) is 45.6 Å². The first kappa shape index (κ1) is 16.8. The van der Waals surface area contributed by atoms with Crippen LogP contribution in [-0.2, 0) is 25.8 Å². The number of ketones is 1. The zero-order valence-corrected chi connectivity index (χ0v) is 14.8. The van der Waals surface area contributed by atoms with Gasteiger partial charge in [-0.05, 0) is 24.8 Å². The molecule has 0 bridgehead atoms. The lowest BCUT2D eigenvalue weighted by molar-refractivity contribution is 0.0951. The predicted octanol–water partition coefficient (Wildman–Crippen LogP) is 1.26. The highest BCUT2D eigenvalue weighted by Crippen LogP contribution is 2.23. The highest BCUT2D eigenvalue weighted by Gasteiger charge is 2.25. The van der Waals surface area contributed by atoms with Crippen LogP contribution >= 0.6 is 0 Å². The molecule has 26 heavy (non-hydrogen) atoms. The van der Waals surface area contributed by atoms with Gasteiger partial charge >= 0.3 is 0 Å². The Morgan fingerprint density at radius 2 is 2.23 bits per heavy atom. The van der Waals surface area contributed by atoms with Crippen LogP contribution in [0.4, 0.5) is 0 Å². The van der Waals surface area contributed by atoms with Crippen LogP contribution in [0.2, 0.25) is 0 Å². The third-order valence-corrected chi connectivity index (χ3v) is 5.13. The summed E-state index contributed by atoms with van der Waals surface area (Å²) in [6.45, 7) is 3.38. The lowest BCUT2D eigenvalue weighted by atomic mass is 9.86. The van der Waals surface area contributed by atoms with Crippen molar-refractivity contribution in [2.24, 2.45) is 5.92 Å². The van der Waals surface area contributed by atoms with Gasteiger partial charge in [0.15, 0.2) is 5.78 Å². The number of aryl methyl sites for hydroxylation is 2. The van der Waals surface area contributed by atoms with Crippen LogP contribution in [0.5, 0.6) is 0 Å². The van der Waals surface area contributed by atoms with E-state index in [-0.39, 0.29) is 17.3 Å². The number of pyridine rings is 1. The zero-order valence-electron chi connectivity index (χ0n) is 14.8. The maximum Gasteiger partial charge on any atom is 0.261 e. The number of carbonyl (C=O) groups excluding carboxylic acids is 2. The molecule has 0 aromatic carbocycles. The van der Waals surface area contributed by atoms with Gasteiger partial charge in [-0.3, -0.25) is 14.4 Å². The number of fused-ring (bicyclic) bond motifs is 2. The van der Waals surface area contributed by atoms with E-state index in [4.69, 9.17) is 0 Å². The maximum atomic E-state index is 12.4. The van der Waals surface area contributed by atoms with Gasteiger partial charge in [0, 0.05) is 49.8 Å². The molecule has 2 N–H and O–H groups in total. The molecule has 1 aliphatic heterocycles. The fourth-order valence-electron chi connectivity index (χ4n) is 3.83. The van der Waals surface area contributed by atoms with Crippen LogP contribution in [0, 0.1) is 5.92 Å². The van der Waals surface area contributed by atoms with Crippen molar-refractivity contribution in [1.29, 1.82) is 0 Å². The molecule has 2 aromatic heterocycles. The van der Waals surface area contributed by atoms with E-state index >= 15 is 0 Å². The second-order valence-electron chi connectivity index (χ2n) is 7.29. The lowest BCUT2D eigenvalue weighted by Gasteiger charge is -2.20. The molecule has 1 aliphatic carbocycles. The summed E-state index contributed by atoms with van der Waals surface area (Å²) in [6, 6.07) is 1.45. The van der Waals surface area contributed by atoms with Crippen LogP contribution in [0.3, 0.4) is 0 Å². The molecule has 136 valence electrons. The van der Waals surface area contributed by atoms with E-state index in [1.807, 2.05) is 13.1 Å². The fourth-order valence-corrected chi connectivity index (χ4v) is 3.83. The van der Waals surface area contributed by atoms with Crippen molar-refractivity contribution in [3.8, 4) is 0 Å². The molecule has 0 fully saturated rings. The molecule has 1 amide bonds. The molecule has 1 unspecified atom stereocenters. The molecular formula is C19H22N4O3. The molecule has 0 spiro atoms. The number of carbonyl (C=O) groups is 2. The number of amides is 1. The number of aromatic nitrogens is 3. The number of H-pyrrole nitrogens is 1. The second-order valence-corrected chi connectivity index (χ2v) is 7.29. The molecule has 4 rings (SSSR count). The van der Waals surface area contributed by atoms with Crippen molar-refractivity contribution in [1.82, 2.24) is 19.9 Å². The number of rotatable bonds is 4. The normalized spacial score (nSPS) is 18.5. The minimum Gasteiger partial charge on any atom is -0.351 e. The Kier molecular flexibility index (Phi) is 4.22. The smallest absolute Gasteiger partial charge is 0.261 e.